The lowest BCUT2D eigenvalue weighted by molar-refractivity contribution is -1.08. The molecule has 4 N–H and O–H groups in total. The van der Waals surface area contributed by atoms with Crippen LogP contribution in [-0.2, 0) is 20.9 Å². The van der Waals surface area contributed by atoms with Crippen LogP contribution in [0.2, 0.25) is 0 Å². The first kappa shape index (κ1) is 28.7. The Balaban J connectivity index is 1.12. The van der Waals surface area contributed by atoms with Gasteiger partial charge in [-0.05, 0) is 24.6 Å². The van der Waals surface area contributed by atoms with Crippen LogP contribution in [0.1, 0.15) is 35.3 Å². The van der Waals surface area contributed by atoms with Crippen LogP contribution in [0.25, 0.3) is 11.1 Å². The first-order valence-corrected chi connectivity index (χ1v) is 15.3. The van der Waals surface area contributed by atoms with Gasteiger partial charge in [0.1, 0.15) is 63.9 Å². The van der Waals surface area contributed by atoms with Gasteiger partial charge in [-0.2, -0.15) is 0 Å². The quantitative estimate of drug-likeness (QED) is 0.246. The molecule has 5 aliphatic heterocycles. The number of aliphatic hydroxyl groups is 1. The van der Waals surface area contributed by atoms with E-state index in [1.165, 1.54) is 4.90 Å². The number of hydrogen-bond acceptors (Lipinski definition) is 6. The Kier molecular flexibility index (Phi) is 6.51. The maximum Gasteiger partial charge on any atom is 0.352 e. The summed E-state index contributed by atoms with van der Waals surface area (Å²) in [4.78, 5) is 51.4. The summed E-state index contributed by atoms with van der Waals surface area (Å²) >= 11 is 0. The number of nitrogens with zero attached hydrogens (tertiary/aromatic N) is 3. The van der Waals surface area contributed by atoms with Gasteiger partial charge in [-0.25, -0.2) is 4.79 Å². The normalized spacial score (nSPS) is 30.5. The highest BCUT2D eigenvalue weighted by molar-refractivity contribution is 6.22. The van der Waals surface area contributed by atoms with Crippen molar-refractivity contribution in [1.82, 2.24) is 4.90 Å². The van der Waals surface area contributed by atoms with Crippen molar-refractivity contribution < 1.29 is 43.1 Å². The molecule has 11 nitrogen and oxygen atoms in total. The monoisotopic (exact) mass is 602 g/mol. The van der Waals surface area contributed by atoms with E-state index in [4.69, 9.17) is 10.5 Å². The molecular formula is C33H38N4O7+2. The van der Waals surface area contributed by atoms with Crippen LogP contribution in [0, 0.1) is 11.8 Å². The molecule has 11 heteroatoms. The Bertz CT molecular complexity index is 1640. The zero-order valence-electron chi connectivity index (χ0n) is 25.0. The summed E-state index contributed by atoms with van der Waals surface area (Å²) in [5.74, 6) is -2.36. The number of fused-ring (bicyclic) bond motifs is 7. The number of primary amides is 1. The van der Waals surface area contributed by atoms with E-state index in [9.17, 15) is 29.4 Å². The zero-order chi connectivity index (χ0) is 31.1. The summed E-state index contributed by atoms with van der Waals surface area (Å²) in [6.45, 7) is 10.3. The van der Waals surface area contributed by atoms with Gasteiger partial charge in [0.05, 0.1) is 18.1 Å². The fraction of sp³-hybridized carbons (Fsp3) is 0.455. The number of carbonyl (C=O) groups excluding carboxylic acids is 3. The maximum absolute atomic E-state index is 13.6. The molecule has 2 bridgehead atoms. The lowest BCUT2D eigenvalue weighted by Gasteiger charge is -2.55. The summed E-state index contributed by atoms with van der Waals surface area (Å²) in [6, 6.07) is 11.0. The van der Waals surface area contributed by atoms with Crippen molar-refractivity contribution in [2.45, 2.75) is 32.5 Å². The van der Waals surface area contributed by atoms with Crippen molar-refractivity contribution in [3.05, 3.63) is 64.4 Å². The smallest absolute Gasteiger partial charge is 0.352 e. The number of β-lactam (4-membered cyclic amide) rings is 1. The Hall–Kier alpha value is -4.06. The van der Waals surface area contributed by atoms with Crippen molar-refractivity contribution >= 4 is 23.6 Å². The van der Waals surface area contributed by atoms with Crippen molar-refractivity contribution in [3.8, 4) is 16.9 Å². The molecular weight excluding hydrogens is 564 g/mol. The van der Waals surface area contributed by atoms with Crippen LogP contribution in [0.4, 0.5) is 0 Å². The Morgan fingerprint density at radius 3 is 2.34 bits per heavy atom. The third-order valence-corrected chi connectivity index (χ3v) is 10.9. The third kappa shape index (κ3) is 4.21. The average molecular weight is 603 g/mol. The number of hydrogen-bond donors (Lipinski definition) is 3. The second-order valence-electron chi connectivity index (χ2n) is 13.4. The number of quaternary nitrogens is 2. The minimum Gasteiger partial charge on any atom is -0.488 e. The summed E-state index contributed by atoms with van der Waals surface area (Å²) in [7, 11) is 0. The highest BCUT2D eigenvalue weighted by Crippen LogP contribution is 2.48. The van der Waals surface area contributed by atoms with E-state index in [-0.39, 0.29) is 35.8 Å². The number of ether oxygens (including phenoxy) is 1. The fourth-order valence-corrected chi connectivity index (χ4v) is 8.48. The zero-order valence-corrected chi connectivity index (χ0v) is 25.0. The Labute approximate surface area is 255 Å². The molecule has 5 heterocycles. The van der Waals surface area contributed by atoms with E-state index in [1.54, 1.807) is 25.1 Å². The third-order valence-electron chi connectivity index (χ3n) is 10.9. The predicted octanol–water partition coefficient (Wildman–Crippen LogP) is 1.12. The van der Waals surface area contributed by atoms with Crippen LogP contribution in [-0.4, -0.2) is 112 Å². The standard InChI is InChI=1S/C33H36N4O7/c1-18-24(30(33(42)43)35-29(18)27(19(2)38)32(35)41)17-44-25-5-3-4-22-28(25)21-7-6-20(14-23(21)31(22)40)15-36-8-11-37(12-9-36,13-10-36)16-26(34)39/h3-7,14,18-19,27,29,38H,8-13,15-17H2,1-2H3,(H-2,34,39,42,43)/p+2/t18-,19?,27?,29?,36?,37?/m0/s1. The number of ketones is 1. The van der Waals surface area contributed by atoms with Gasteiger partial charge < -0.3 is 34.5 Å². The summed E-state index contributed by atoms with van der Waals surface area (Å²) in [5.41, 5.74) is 9.71. The second kappa shape index (κ2) is 9.98. The Morgan fingerprint density at radius 1 is 1.02 bits per heavy atom. The van der Waals surface area contributed by atoms with Crippen molar-refractivity contribution in [2.75, 3.05) is 52.4 Å². The molecule has 0 spiro atoms. The van der Waals surface area contributed by atoms with E-state index in [2.05, 4.69) is 6.07 Å². The number of nitrogens with two attached hydrogens (primary N) is 1. The van der Waals surface area contributed by atoms with Crippen molar-refractivity contribution in [1.29, 1.82) is 0 Å². The maximum atomic E-state index is 13.6. The molecule has 3 unspecified atom stereocenters. The minimum atomic E-state index is -1.20. The number of amides is 2. The number of carboxylic acids is 1. The SMILES string of the molecule is CC(O)C1C(=O)N2C(C(=O)O)=C(COc3cccc4c3-c3ccc(C[N+]56CC[N+](CC(N)=O)(CC5)CC6)cc3C4=O)[C@H](C)C12. The van der Waals surface area contributed by atoms with Gasteiger partial charge in [0, 0.05) is 33.7 Å². The number of aliphatic carboxylic acids is 1. The minimum absolute atomic E-state index is 0.0522. The van der Waals surface area contributed by atoms with E-state index in [0.29, 0.717) is 34.6 Å². The van der Waals surface area contributed by atoms with E-state index in [1.807, 2.05) is 19.1 Å². The lowest BCUT2D eigenvalue weighted by atomic mass is 9.78. The van der Waals surface area contributed by atoms with Gasteiger partial charge in [0.2, 0.25) is 5.91 Å². The molecule has 2 aromatic rings. The number of benzene rings is 2. The van der Waals surface area contributed by atoms with Crippen molar-refractivity contribution in [2.24, 2.45) is 17.6 Å². The largest absolute Gasteiger partial charge is 0.488 e. The van der Waals surface area contributed by atoms with Crippen LogP contribution in [0.3, 0.4) is 0 Å². The molecule has 0 saturated carbocycles. The summed E-state index contributed by atoms with van der Waals surface area (Å²) < 4.78 is 7.99. The fourth-order valence-electron chi connectivity index (χ4n) is 8.48. The molecule has 1 aliphatic carbocycles. The van der Waals surface area contributed by atoms with Crippen LogP contribution in [0.15, 0.2) is 47.7 Å². The number of carboxylic acid groups (broad SMARTS) is 1. The van der Waals surface area contributed by atoms with Gasteiger partial charge in [0.25, 0.3) is 5.91 Å². The molecule has 0 radical (unpaired) electrons. The van der Waals surface area contributed by atoms with E-state index < -0.39 is 24.0 Å². The number of rotatable bonds is 9. The second-order valence-corrected chi connectivity index (χ2v) is 13.4. The number of carbonyl (C=O) groups is 4. The Morgan fingerprint density at radius 2 is 1.70 bits per heavy atom. The molecule has 230 valence electrons. The van der Waals surface area contributed by atoms with Crippen molar-refractivity contribution in [3.63, 3.8) is 0 Å². The molecule has 2 amide bonds. The molecule has 4 saturated heterocycles. The molecule has 6 aliphatic rings. The molecule has 0 aromatic heterocycles. The first-order chi connectivity index (χ1) is 20.9. The van der Waals surface area contributed by atoms with Crippen LogP contribution < -0.4 is 10.5 Å². The van der Waals surface area contributed by atoms with Gasteiger partial charge in [-0.15, -0.1) is 0 Å². The predicted molar refractivity (Wildman–Crippen MR) is 158 cm³/mol. The lowest BCUT2D eigenvalue weighted by Crippen LogP contribution is -2.75. The van der Waals surface area contributed by atoms with Gasteiger partial charge in [0.15, 0.2) is 12.3 Å². The topological polar surface area (TPSA) is 147 Å². The number of aliphatic hydroxyl groups excluding tert-OH is 1. The van der Waals surface area contributed by atoms with Crippen LogP contribution in [0.5, 0.6) is 5.75 Å². The number of piperazine rings is 3. The molecule has 8 rings (SSSR count). The van der Waals surface area contributed by atoms with Gasteiger partial charge >= 0.3 is 5.97 Å². The summed E-state index contributed by atoms with van der Waals surface area (Å²) in [5, 5.41) is 20.1. The van der Waals surface area contributed by atoms with Gasteiger partial charge in [-0.3, -0.25) is 14.4 Å². The van der Waals surface area contributed by atoms with Crippen LogP contribution >= 0.6 is 0 Å². The molecule has 4 atom stereocenters. The van der Waals surface area contributed by atoms with E-state index >= 15 is 0 Å². The van der Waals surface area contributed by atoms with E-state index in [0.717, 1.165) is 65.9 Å². The highest BCUT2D eigenvalue weighted by Gasteiger charge is 2.60. The highest BCUT2D eigenvalue weighted by atomic mass is 16.5. The van der Waals surface area contributed by atoms with Gasteiger partial charge in [-0.1, -0.05) is 31.2 Å². The molecule has 2 aromatic carbocycles. The summed E-state index contributed by atoms with van der Waals surface area (Å²) in [6.07, 6.45) is -0.879. The first-order valence-electron chi connectivity index (χ1n) is 15.3. The molecule has 4 fully saturated rings. The average Bonchev–Trinajstić information content (AvgIpc) is 3.40. The molecule has 44 heavy (non-hydrogen) atoms.